The molecule has 0 aliphatic rings. The molecule has 0 saturated heterocycles. The van der Waals surface area contributed by atoms with E-state index < -0.39 is 11.7 Å². The van der Waals surface area contributed by atoms with Crippen LogP contribution in [0.25, 0.3) is 6.08 Å². The number of nitrogens with zero attached hydrogens (tertiary/aromatic N) is 1. The van der Waals surface area contributed by atoms with Crippen molar-refractivity contribution in [3.8, 4) is 0 Å². The largest absolute Gasteiger partial charge is 0.443 e. The highest BCUT2D eigenvalue weighted by atomic mass is 16.6. The lowest BCUT2D eigenvalue weighted by Gasteiger charge is -2.20. The summed E-state index contributed by atoms with van der Waals surface area (Å²) in [7, 11) is 0. The van der Waals surface area contributed by atoms with Crippen LogP contribution in [0.5, 0.6) is 0 Å². The quantitative estimate of drug-likeness (QED) is 0.620. The predicted molar refractivity (Wildman–Crippen MR) is 90.6 cm³/mol. The summed E-state index contributed by atoms with van der Waals surface area (Å²) >= 11 is 0. The van der Waals surface area contributed by atoms with Crippen molar-refractivity contribution in [2.24, 2.45) is 0 Å². The summed E-state index contributed by atoms with van der Waals surface area (Å²) in [5.74, 6) is -0.109. The summed E-state index contributed by atoms with van der Waals surface area (Å²) in [5, 5.41) is 0. The van der Waals surface area contributed by atoms with Crippen molar-refractivity contribution < 1.29 is 14.3 Å². The van der Waals surface area contributed by atoms with Crippen LogP contribution in [0.3, 0.4) is 0 Å². The SMILES string of the molecule is Cc1ccc(C(=O)/C=C/c2cccn2C(=O)OC(C)(C)C)cc1. The maximum atomic E-state index is 12.1. The maximum absolute atomic E-state index is 12.1. The predicted octanol–water partition coefficient (Wildman–Crippen LogP) is 4.48. The van der Waals surface area contributed by atoms with Gasteiger partial charge in [-0.15, -0.1) is 0 Å². The molecule has 1 aromatic heterocycles. The van der Waals surface area contributed by atoms with E-state index >= 15 is 0 Å². The molecule has 4 nitrogen and oxygen atoms in total. The highest BCUT2D eigenvalue weighted by Crippen LogP contribution is 2.13. The first-order valence-corrected chi connectivity index (χ1v) is 7.46. The molecule has 0 aliphatic carbocycles. The van der Waals surface area contributed by atoms with Gasteiger partial charge in [0.05, 0.1) is 5.69 Å². The summed E-state index contributed by atoms with van der Waals surface area (Å²) < 4.78 is 6.71. The molecule has 0 fully saturated rings. The van der Waals surface area contributed by atoms with Gasteiger partial charge in [-0.25, -0.2) is 4.79 Å². The zero-order valence-corrected chi connectivity index (χ0v) is 13.9. The molecule has 0 unspecified atom stereocenters. The molecule has 0 amide bonds. The highest BCUT2D eigenvalue weighted by molar-refractivity contribution is 6.06. The summed E-state index contributed by atoms with van der Waals surface area (Å²) in [6.07, 6.45) is 4.22. The van der Waals surface area contributed by atoms with Crippen LogP contribution in [-0.4, -0.2) is 22.0 Å². The van der Waals surface area contributed by atoms with Gasteiger partial charge in [0.15, 0.2) is 5.78 Å². The number of hydrogen-bond acceptors (Lipinski definition) is 3. The van der Waals surface area contributed by atoms with E-state index in [0.29, 0.717) is 11.3 Å². The number of ketones is 1. The standard InChI is InChI=1S/C19H21NO3/c1-14-7-9-15(10-8-14)17(21)12-11-16-6-5-13-20(16)18(22)23-19(2,3)4/h5-13H,1-4H3/b12-11+. The monoisotopic (exact) mass is 311 g/mol. The Morgan fingerprint density at radius 1 is 1.09 bits per heavy atom. The highest BCUT2D eigenvalue weighted by Gasteiger charge is 2.18. The van der Waals surface area contributed by atoms with Crippen LogP contribution >= 0.6 is 0 Å². The van der Waals surface area contributed by atoms with Gasteiger partial charge in [-0.1, -0.05) is 29.8 Å². The molecule has 1 aromatic carbocycles. The third kappa shape index (κ3) is 4.68. The van der Waals surface area contributed by atoms with E-state index in [2.05, 4.69) is 0 Å². The first-order chi connectivity index (χ1) is 10.8. The lowest BCUT2D eigenvalue weighted by molar-refractivity contribution is 0.0536. The van der Waals surface area contributed by atoms with Crippen LogP contribution in [-0.2, 0) is 4.74 Å². The number of hydrogen-bond donors (Lipinski definition) is 0. The third-order valence-corrected chi connectivity index (χ3v) is 3.11. The van der Waals surface area contributed by atoms with Crippen LogP contribution in [0.1, 0.15) is 42.4 Å². The number of carbonyl (C=O) groups is 2. The Kier molecular flexibility index (Phi) is 4.84. The first kappa shape index (κ1) is 16.7. The lowest BCUT2D eigenvalue weighted by Crippen LogP contribution is -2.27. The van der Waals surface area contributed by atoms with Crippen LogP contribution in [0.15, 0.2) is 48.7 Å². The van der Waals surface area contributed by atoms with Gasteiger partial charge in [0.2, 0.25) is 0 Å². The van der Waals surface area contributed by atoms with E-state index in [1.807, 2.05) is 39.8 Å². The van der Waals surface area contributed by atoms with Gasteiger partial charge in [0.1, 0.15) is 5.60 Å². The zero-order valence-electron chi connectivity index (χ0n) is 13.9. The van der Waals surface area contributed by atoms with Gasteiger partial charge in [0, 0.05) is 11.8 Å². The Hall–Kier alpha value is -2.62. The van der Waals surface area contributed by atoms with Gasteiger partial charge in [-0.2, -0.15) is 0 Å². The summed E-state index contributed by atoms with van der Waals surface area (Å²) in [5.41, 5.74) is 1.74. The van der Waals surface area contributed by atoms with Gasteiger partial charge in [-0.3, -0.25) is 9.36 Å². The molecule has 2 aromatic rings. The van der Waals surface area contributed by atoms with E-state index in [4.69, 9.17) is 4.74 Å². The second kappa shape index (κ2) is 6.65. The van der Waals surface area contributed by atoms with Crippen molar-refractivity contribution in [3.63, 3.8) is 0 Å². The van der Waals surface area contributed by atoms with E-state index in [9.17, 15) is 9.59 Å². The molecule has 0 spiro atoms. The summed E-state index contributed by atoms with van der Waals surface area (Å²) in [4.78, 5) is 24.3. The van der Waals surface area contributed by atoms with E-state index in [-0.39, 0.29) is 5.78 Å². The normalized spacial score (nSPS) is 11.7. The minimum Gasteiger partial charge on any atom is -0.443 e. The van der Waals surface area contributed by atoms with Gasteiger partial charge in [0.25, 0.3) is 0 Å². The van der Waals surface area contributed by atoms with Crippen molar-refractivity contribution in [1.82, 2.24) is 4.57 Å². The van der Waals surface area contributed by atoms with Gasteiger partial charge < -0.3 is 4.74 Å². The average molecular weight is 311 g/mol. The van der Waals surface area contributed by atoms with Crippen molar-refractivity contribution in [3.05, 3.63) is 65.5 Å². The van der Waals surface area contributed by atoms with Crippen LogP contribution < -0.4 is 0 Å². The number of aromatic nitrogens is 1. The Labute approximate surface area is 136 Å². The van der Waals surface area contributed by atoms with Crippen LogP contribution in [0, 0.1) is 6.92 Å². The fourth-order valence-corrected chi connectivity index (χ4v) is 1.98. The molecule has 23 heavy (non-hydrogen) atoms. The fourth-order valence-electron chi connectivity index (χ4n) is 1.98. The van der Waals surface area contributed by atoms with E-state index in [1.54, 1.807) is 36.5 Å². The lowest BCUT2D eigenvalue weighted by atomic mass is 10.1. The Bertz CT molecular complexity index is 731. The minimum absolute atomic E-state index is 0.109. The van der Waals surface area contributed by atoms with E-state index in [0.717, 1.165) is 5.56 Å². The molecule has 1 heterocycles. The molecular formula is C19H21NO3. The Morgan fingerprint density at radius 3 is 2.35 bits per heavy atom. The molecule has 2 rings (SSSR count). The topological polar surface area (TPSA) is 48.3 Å². The molecular weight excluding hydrogens is 290 g/mol. The van der Waals surface area contributed by atoms with Crippen molar-refractivity contribution in [2.75, 3.05) is 0 Å². The number of ether oxygens (including phenoxy) is 1. The molecule has 120 valence electrons. The van der Waals surface area contributed by atoms with Gasteiger partial charge >= 0.3 is 6.09 Å². The number of allylic oxidation sites excluding steroid dienone is 1. The maximum Gasteiger partial charge on any atom is 0.418 e. The Balaban J connectivity index is 2.15. The molecule has 0 bridgehead atoms. The first-order valence-electron chi connectivity index (χ1n) is 7.46. The number of benzene rings is 1. The van der Waals surface area contributed by atoms with Crippen molar-refractivity contribution in [1.29, 1.82) is 0 Å². The van der Waals surface area contributed by atoms with Crippen molar-refractivity contribution in [2.45, 2.75) is 33.3 Å². The van der Waals surface area contributed by atoms with Crippen molar-refractivity contribution >= 4 is 18.0 Å². The fraction of sp³-hybridized carbons (Fsp3) is 0.263. The second-order valence-electron chi connectivity index (χ2n) is 6.35. The molecule has 0 radical (unpaired) electrons. The molecule has 0 atom stereocenters. The summed E-state index contributed by atoms with van der Waals surface area (Å²) in [6, 6.07) is 10.8. The smallest absolute Gasteiger partial charge is 0.418 e. The number of carbonyl (C=O) groups excluding carboxylic acids is 2. The molecule has 0 saturated carbocycles. The summed E-state index contributed by atoms with van der Waals surface area (Å²) in [6.45, 7) is 7.40. The molecule has 0 N–H and O–H groups in total. The number of rotatable bonds is 3. The minimum atomic E-state index is -0.569. The van der Waals surface area contributed by atoms with E-state index in [1.165, 1.54) is 10.6 Å². The average Bonchev–Trinajstić information content (AvgIpc) is 2.92. The molecule has 4 heteroatoms. The second-order valence-corrected chi connectivity index (χ2v) is 6.35. The third-order valence-electron chi connectivity index (χ3n) is 3.11. The molecule has 0 aliphatic heterocycles. The van der Waals surface area contributed by atoms with Crippen LogP contribution in [0.4, 0.5) is 4.79 Å². The number of aryl methyl sites for hydroxylation is 1. The van der Waals surface area contributed by atoms with Gasteiger partial charge in [-0.05, 0) is 52.0 Å². The van der Waals surface area contributed by atoms with Crippen LogP contribution in [0.2, 0.25) is 0 Å². The zero-order chi connectivity index (χ0) is 17.0. The Morgan fingerprint density at radius 2 is 1.74 bits per heavy atom.